The van der Waals surface area contributed by atoms with Crippen molar-refractivity contribution in [3.63, 3.8) is 0 Å². The van der Waals surface area contributed by atoms with Gasteiger partial charge in [0, 0.05) is 12.6 Å². The Balaban J connectivity index is 1.92. The molecule has 0 radical (unpaired) electrons. The first kappa shape index (κ1) is 11.4. The number of hydrogen-bond donors (Lipinski definition) is 1. The Kier molecular flexibility index (Phi) is 2.72. The van der Waals surface area contributed by atoms with Crippen LogP contribution in [0.1, 0.15) is 21.8 Å². The number of carboxylic acid groups (broad SMARTS) is 1. The molecule has 2 aromatic heterocycles. The first-order valence-electron chi connectivity index (χ1n) is 5.75. The molecule has 5 heteroatoms. The van der Waals surface area contributed by atoms with Gasteiger partial charge >= 0.3 is 5.97 Å². The lowest BCUT2D eigenvalue weighted by Gasteiger charge is -1.99. The van der Waals surface area contributed by atoms with Gasteiger partial charge in [-0.2, -0.15) is 4.98 Å². The number of carbonyl (C=O) groups is 1. The monoisotopic (exact) mass is 254 g/mol. The highest BCUT2D eigenvalue weighted by Crippen LogP contribution is 2.16. The van der Waals surface area contributed by atoms with Gasteiger partial charge in [0.05, 0.1) is 5.56 Å². The average Bonchev–Trinajstić information content (AvgIpc) is 2.81. The van der Waals surface area contributed by atoms with Gasteiger partial charge in [0.2, 0.25) is 5.89 Å². The van der Waals surface area contributed by atoms with Gasteiger partial charge in [0.15, 0.2) is 11.2 Å². The van der Waals surface area contributed by atoms with Crippen LogP contribution in [0.5, 0.6) is 0 Å². The van der Waals surface area contributed by atoms with Gasteiger partial charge in [-0.25, -0.2) is 9.78 Å². The maximum absolute atomic E-state index is 10.9. The van der Waals surface area contributed by atoms with Gasteiger partial charge in [-0.3, -0.25) is 0 Å². The number of carboxylic acids is 1. The standard InChI is InChI=1S/C14H10N2O3/c17-14(18)10-4-1-3-9(7-10)8-12-16-13-11(19-12)5-2-6-15-13/h1-7H,8H2,(H,17,18). The molecule has 0 bridgehead atoms. The van der Waals surface area contributed by atoms with Crippen LogP contribution in [-0.2, 0) is 6.42 Å². The minimum absolute atomic E-state index is 0.256. The second-order valence-corrected chi connectivity index (χ2v) is 4.12. The van der Waals surface area contributed by atoms with Crippen LogP contribution in [0.25, 0.3) is 11.2 Å². The minimum atomic E-state index is -0.943. The Morgan fingerprint density at radius 2 is 2.16 bits per heavy atom. The lowest BCUT2D eigenvalue weighted by Crippen LogP contribution is -1.97. The Morgan fingerprint density at radius 1 is 1.26 bits per heavy atom. The summed E-state index contributed by atoms with van der Waals surface area (Å²) < 4.78 is 5.55. The molecular weight excluding hydrogens is 244 g/mol. The van der Waals surface area contributed by atoms with E-state index in [2.05, 4.69) is 9.97 Å². The highest BCUT2D eigenvalue weighted by molar-refractivity contribution is 5.87. The summed E-state index contributed by atoms with van der Waals surface area (Å²) in [6.45, 7) is 0. The van der Waals surface area contributed by atoms with Gasteiger partial charge < -0.3 is 9.52 Å². The van der Waals surface area contributed by atoms with Crippen LogP contribution in [0, 0.1) is 0 Å². The zero-order valence-corrected chi connectivity index (χ0v) is 9.91. The predicted octanol–water partition coefficient (Wildman–Crippen LogP) is 2.51. The molecule has 0 unspecified atom stereocenters. The molecule has 0 fully saturated rings. The Labute approximate surface area is 108 Å². The third kappa shape index (κ3) is 2.30. The van der Waals surface area contributed by atoms with Crippen molar-refractivity contribution in [2.75, 3.05) is 0 Å². The first-order chi connectivity index (χ1) is 9.22. The molecule has 0 atom stereocenters. The SMILES string of the molecule is O=C(O)c1cccc(Cc2nc3ncccc3o2)c1. The van der Waals surface area contributed by atoms with E-state index < -0.39 is 5.97 Å². The molecule has 2 heterocycles. The van der Waals surface area contributed by atoms with Crippen LogP contribution in [0.4, 0.5) is 0 Å². The summed E-state index contributed by atoms with van der Waals surface area (Å²) in [5.41, 5.74) is 2.29. The van der Waals surface area contributed by atoms with Crippen molar-refractivity contribution in [3.8, 4) is 0 Å². The average molecular weight is 254 g/mol. The second-order valence-electron chi connectivity index (χ2n) is 4.12. The third-order valence-electron chi connectivity index (χ3n) is 2.74. The number of aromatic nitrogens is 2. The molecule has 0 spiro atoms. The van der Waals surface area contributed by atoms with Crippen molar-refractivity contribution >= 4 is 17.2 Å². The molecule has 0 amide bonds. The summed E-state index contributed by atoms with van der Waals surface area (Å²) in [7, 11) is 0. The van der Waals surface area contributed by atoms with E-state index in [4.69, 9.17) is 9.52 Å². The van der Waals surface area contributed by atoms with Crippen molar-refractivity contribution in [1.82, 2.24) is 9.97 Å². The number of pyridine rings is 1. The summed E-state index contributed by atoms with van der Waals surface area (Å²) >= 11 is 0. The van der Waals surface area contributed by atoms with Crippen molar-refractivity contribution in [2.45, 2.75) is 6.42 Å². The molecule has 1 aromatic carbocycles. The lowest BCUT2D eigenvalue weighted by atomic mass is 10.1. The Hall–Kier alpha value is -2.69. The van der Waals surface area contributed by atoms with E-state index in [-0.39, 0.29) is 5.56 Å². The summed E-state index contributed by atoms with van der Waals surface area (Å²) in [4.78, 5) is 19.2. The van der Waals surface area contributed by atoms with Crippen LogP contribution in [0.3, 0.4) is 0 Å². The molecule has 0 saturated heterocycles. The molecule has 0 aliphatic carbocycles. The summed E-state index contributed by atoms with van der Waals surface area (Å²) in [6.07, 6.45) is 2.09. The van der Waals surface area contributed by atoms with Crippen LogP contribution in [0.2, 0.25) is 0 Å². The van der Waals surface area contributed by atoms with Crippen LogP contribution < -0.4 is 0 Å². The minimum Gasteiger partial charge on any atom is -0.478 e. The Morgan fingerprint density at radius 3 is 2.95 bits per heavy atom. The zero-order valence-electron chi connectivity index (χ0n) is 9.91. The topological polar surface area (TPSA) is 76.2 Å². The molecule has 0 saturated carbocycles. The quantitative estimate of drug-likeness (QED) is 0.777. The number of benzene rings is 1. The fourth-order valence-corrected chi connectivity index (χ4v) is 1.88. The number of nitrogens with zero attached hydrogens (tertiary/aromatic N) is 2. The van der Waals surface area contributed by atoms with E-state index in [0.717, 1.165) is 5.56 Å². The highest BCUT2D eigenvalue weighted by atomic mass is 16.4. The molecule has 0 aliphatic heterocycles. The molecule has 3 rings (SSSR count). The van der Waals surface area contributed by atoms with E-state index in [0.29, 0.717) is 23.5 Å². The van der Waals surface area contributed by atoms with Gasteiger partial charge in [-0.05, 0) is 29.8 Å². The molecule has 0 aliphatic rings. The van der Waals surface area contributed by atoms with Gasteiger partial charge in [0.25, 0.3) is 0 Å². The number of rotatable bonds is 3. The number of oxazole rings is 1. The van der Waals surface area contributed by atoms with Crippen molar-refractivity contribution in [3.05, 3.63) is 59.6 Å². The highest BCUT2D eigenvalue weighted by Gasteiger charge is 2.09. The van der Waals surface area contributed by atoms with E-state index in [1.165, 1.54) is 0 Å². The van der Waals surface area contributed by atoms with Gasteiger partial charge in [0.1, 0.15) is 0 Å². The molecular formula is C14H10N2O3. The molecule has 94 valence electrons. The lowest BCUT2D eigenvalue weighted by molar-refractivity contribution is 0.0696. The predicted molar refractivity (Wildman–Crippen MR) is 68.0 cm³/mol. The maximum Gasteiger partial charge on any atom is 0.335 e. The first-order valence-corrected chi connectivity index (χ1v) is 5.75. The fourth-order valence-electron chi connectivity index (χ4n) is 1.88. The van der Waals surface area contributed by atoms with E-state index >= 15 is 0 Å². The zero-order chi connectivity index (χ0) is 13.2. The van der Waals surface area contributed by atoms with Gasteiger partial charge in [-0.1, -0.05) is 12.1 Å². The smallest absolute Gasteiger partial charge is 0.335 e. The summed E-state index contributed by atoms with van der Waals surface area (Å²) in [5, 5.41) is 8.94. The van der Waals surface area contributed by atoms with Crippen molar-refractivity contribution < 1.29 is 14.3 Å². The largest absolute Gasteiger partial charge is 0.478 e. The van der Waals surface area contributed by atoms with Gasteiger partial charge in [-0.15, -0.1) is 0 Å². The third-order valence-corrected chi connectivity index (χ3v) is 2.74. The number of hydrogen-bond acceptors (Lipinski definition) is 4. The molecule has 1 N–H and O–H groups in total. The normalized spacial score (nSPS) is 10.7. The maximum atomic E-state index is 10.9. The summed E-state index contributed by atoms with van der Waals surface area (Å²) in [5.74, 6) is -0.419. The van der Waals surface area contributed by atoms with Crippen molar-refractivity contribution in [1.29, 1.82) is 0 Å². The molecule has 5 nitrogen and oxygen atoms in total. The molecule has 19 heavy (non-hydrogen) atoms. The van der Waals surface area contributed by atoms with Crippen molar-refractivity contribution in [2.24, 2.45) is 0 Å². The summed E-state index contributed by atoms with van der Waals surface area (Å²) in [6, 6.07) is 10.3. The fraction of sp³-hybridized carbons (Fsp3) is 0.0714. The van der Waals surface area contributed by atoms with Crippen LogP contribution in [0.15, 0.2) is 47.0 Å². The van der Waals surface area contributed by atoms with E-state index in [1.54, 1.807) is 36.5 Å². The molecule has 3 aromatic rings. The van der Waals surface area contributed by atoms with E-state index in [9.17, 15) is 4.79 Å². The number of fused-ring (bicyclic) bond motifs is 1. The van der Waals surface area contributed by atoms with Crippen LogP contribution >= 0.6 is 0 Å². The number of aromatic carboxylic acids is 1. The van der Waals surface area contributed by atoms with E-state index in [1.807, 2.05) is 6.07 Å². The Bertz CT molecular complexity index is 716. The second kappa shape index (κ2) is 4.53. The van der Waals surface area contributed by atoms with Crippen LogP contribution in [-0.4, -0.2) is 21.0 Å².